The number of rotatable bonds is 4. The Balaban J connectivity index is 2.76. The van der Waals surface area contributed by atoms with Crippen molar-refractivity contribution in [2.75, 3.05) is 0 Å². The molecule has 2 N–H and O–H groups in total. The first-order valence-electron chi connectivity index (χ1n) is 3.76. The van der Waals surface area contributed by atoms with E-state index in [1.165, 1.54) is 18.4 Å². The average Bonchev–Trinajstić information content (AvgIpc) is 2.15. The van der Waals surface area contributed by atoms with Crippen molar-refractivity contribution in [2.24, 2.45) is 5.92 Å². The lowest BCUT2D eigenvalue weighted by Crippen LogP contribution is -2.21. The normalized spacial score (nSPS) is 16.1. The third-order valence-electron chi connectivity index (χ3n) is 1.56. The molecule has 6 heteroatoms. The van der Waals surface area contributed by atoms with Crippen molar-refractivity contribution >= 4 is 11.9 Å². The molecule has 0 fully saturated rings. The van der Waals surface area contributed by atoms with Gasteiger partial charge in [-0.15, -0.1) is 0 Å². The molecule has 0 saturated carbocycles. The summed E-state index contributed by atoms with van der Waals surface area (Å²) in [7, 11) is 0. The van der Waals surface area contributed by atoms with Crippen molar-refractivity contribution in [3.8, 4) is 0 Å². The van der Waals surface area contributed by atoms with Gasteiger partial charge >= 0.3 is 11.9 Å². The second kappa shape index (κ2) is 4.31. The third-order valence-corrected chi connectivity index (χ3v) is 1.56. The summed E-state index contributed by atoms with van der Waals surface area (Å²) in [6.07, 6.45) is 3.45. The van der Waals surface area contributed by atoms with E-state index in [2.05, 4.69) is 9.78 Å². The van der Waals surface area contributed by atoms with E-state index in [1.54, 1.807) is 0 Å². The molecule has 0 aliphatic carbocycles. The van der Waals surface area contributed by atoms with Crippen molar-refractivity contribution in [2.45, 2.75) is 6.42 Å². The minimum absolute atomic E-state index is 0.0256. The van der Waals surface area contributed by atoms with Crippen LogP contribution in [0.3, 0.4) is 0 Å². The summed E-state index contributed by atoms with van der Waals surface area (Å²) in [5.41, 5.74) is 0. The molecule has 0 aromatic rings. The molecule has 1 heterocycles. The van der Waals surface area contributed by atoms with Gasteiger partial charge in [-0.1, -0.05) is 0 Å². The van der Waals surface area contributed by atoms with Gasteiger partial charge in [0.1, 0.15) is 12.2 Å². The van der Waals surface area contributed by atoms with Crippen LogP contribution in [-0.4, -0.2) is 22.2 Å². The van der Waals surface area contributed by atoms with Gasteiger partial charge in [0.25, 0.3) is 0 Å². The first-order chi connectivity index (χ1) is 6.61. The summed E-state index contributed by atoms with van der Waals surface area (Å²) in [6.45, 7) is 0. The van der Waals surface area contributed by atoms with E-state index >= 15 is 0 Å². The Morgan fingerprint density at radius 1 is 1.43 bits per heavy atom. The molecule has 0 aromatic heterocycles. The Bertz CT molecular complexity index is 303. The highest BCUT2D eigenvalue weighted by Gasteiger charge is 2.28. The lowest BCUT2D eigenvalue weighted by molar-refractivity contribution is -0.224. The summed E-state index contributed by atoms with van der Waals surface area (Å²) in [6, 6.07) is 0. The van der Waals surface area contributed by atoms with Crippen molar-refractivity contribution < 1.29 is 29.6 Å². The number of allylic oxidation sites excluding steroid dienone is 2. The summed E-state index contributed by atoms with van der Waals surface area (Å²) in [5.74, 6) is -3.73. The molecule has 0 amide bonds. The van der Waals surface area contributed by atoms with Gasteiger partial charge in [-0.25, -0.2) is 0 Å². The molecule has 0 radical (unpaired) electrons. The largest absolute Gasteiger partial charge is 0.481 e. The summed E-state index contributed by atoms with van der Waals surface area (Å²) in [4.78, 5) is 29.9. The summed E-state index contributed by atoms with van der Waals surface area (Å²) in [5, 5.41) is 17.2. The number of hydrogen-bond acceptors (Lipinski definition) is 4. The van der Waals surface area contributed by atoms with Crippen LogP contribution in [0.15, 0.2) is 24.2 Å². The lowest BCUT2D eigenvalue weighted by atomic mass is 10.0. The van der Waals surface area contributed by atoms with Gasteiger partial charge in [0.2, 0.25) is 0 Å². The van der Waals surface area contributed by atoms with Crippen molar-refractivity contribution in [3.05, 3.63) is 24.2 Å². The molecule has 1 aliphatic heterocycles. The van der Waals surface area contributed by atoms with Crippen molar-refractivity contribution in [1.29, 1.82) is 0 Å². The number of aliphatic carboxylic acids is 2. The standard InChI is InChI=1S/C8H8O6/c9-7(10)4-5(8(11)12)6-2-1-3-13-14-6/h1-3,5H,4H2,(H,9,10)(H,11,12). The fourth-order valence-corrected chi connectivity index (χ4v) is 0.936. The fourth-order valence-electron chi connectivity index (χ4n) is 0.936. The number of carboxylic acid groups (broad SMARTS) is 2. The van der Waals surface area contributed by atoms with Crippen LogP contribution in [0.4, 0.5) is 0 Å². The van der Waals surface area contributed by atoms with Gasteiger partial charge in [-0.3, -0.25) is 19.4 Å². The van der Waals surface area contributed by atoms with E-state index in [1.807, 2.05) is 0 Å². The van der Waals surface area contributed by atoms with Gasteiger partial charge in [0.05, 0.1) is 6.42 Å². The lowest BCUT2D eigenvalue weighted by Gasteiger charge is -2.14. The smallest absolute Gasteiger partial charge is 0.315 e. The predicted octanol–water partition coefficient (Wildman–Crippen LogP) is 0.521. The first-order valence-corrected chi connectivity index (χ1v) is 3.76. The highest BCUT2D eigenvalue weighted by molar-refractivity contribution is 5.80. The first kappa shape index (κ1) is 10.1. The predicted molar refractivity (Wildman–Crippen MR) is 42.8 cm³/mol. The molecule has 0 bridgehead atoms. The number of carbonyl (C=O) groups is 2. The van der Waals surface area contributed by atoms with Crippen LogP contribution in [0.25, 0.3) is 0 Å². The molecule has 0 saturated heterocycles. The van der Waals surface area contributed by atoms with Crippen molar-refractivity contribution in [3.63, 3.8) is 0 Å². The second-order valence-corrected chi connectivity index (χ2v) is 2.57. The second-order valence-electron chi connectivity index (χ2n) is 2.57. The van der Waals surface area contributed by atoms with E-state index in [9.17, 15) is 9.59 Å². The maximum Gasteiger partial charge on any atom is 0.315 e. The molecule has 1 atom stereocenters. The molecular formula is C8H8O6. The zero-order valence-electron chi connectivity index (χ0n) is 7.04. The highest BCUT2D eigenvalue weighted by Crippen LogP contribution is 2.20. The van der Waals surface area contributed by atoms with Gasteiger partial charge in [-0.05, 0) is 12.2 Å². The molecular weight excluding hydrogens is 192 g/mol. The zero-order valence-corrected chi connectivity index (χ0v) is 7.04. The van der Waals surface area contributed by atoms with E-state index in [0.717, 1.165) is 0 Å². The maximum atomic E-state index is 10.7. The van der Waals surface area contributed by atoms with Gasteiger partial charge in [0.15, 0.2) is 5.76 Å². The Labute approximate surface area is 79.0 Å². The minimum atomic E-state index is -1.27. The Morgan fingerprint density at radius 3 is 2.57 bits per heavy atom. The molecule has 1 aliphatic rings. The SMILES string of the molecule is O=C(O)CC(C(=O)O)C1=CC=COO1. The van der Waals surface area contributed by atoms with E-state index < -0.39 is 24.3 Å². The van der Waals surface area contributed by atoms with Crippen molar-refractivity contribution in [1.82, 2.24) is 0 Å². The number of hydrogen-bond donors (Lipinski definition) is 2. The molecule has 1 unspecified atom stereocenters. The summed E-state index contributed by atoms with van der Waals surface area (Å²) < 4.78 is 0. The Kier molecular flexibility index (Phi) is 3.11. The third kappa shape index (κ3) is 2.51. The molecule has 6 nitrogen and oxygen atoms in total. The van der Waals surface area contributed by atoms with E-state index in [0.29, 0.717) is 0 Å². The molecule has 76 valence electrons. The minimum Gasteiger partial charge on any atom is -0.481 e. The van der Waals surface area contributed by atoms with E-state index in [-0.39, 0.29) is 5.76 Å². The summed E-state index contributed by atoms with van der Waals surface area (Å²) >= 11 is 0. The van der Waals surface area contributed by atoms with Crippen LogP contribution < -0.4 is 0 Å². The topological polar surface area (TPSA) is 93.1 Å². The maximum absolute atomic E-state index is 10.7. The van der Waals surface area contributed by atoms with Crippen LogP contribution in [-0.2, 0) is 19.4 Å². The Hall–Kier alpha value is -1.98. The van der Waals surface area contributed by atoms with Crippen LogP contribution in [0.5, 0.6) is 0 Å². The molecule has 0 spiro atoms. The van der Waals surface area contributed by atoms with E-state index in [4.69, 9.17) is 10.2 Å². The van der Waals surface area contributed by atoms with Gasteiger partial charge in [-0.2, -0.15) is 0 Å². The molecule has 1 rings (SSSR count). The van der Waals surface area contributed by atoms with Crippen LogP contribution in [0.1, 0.15) is 6.42 Å². The zero-order chi connectivity index (χ0) is 10.6. The van der Waals surface area contributed by atoms with Crippen LogP contribution in [0.2, 0.25) is 0 Å². The van der Waals surface area contributed by atoms with Crippen LogP contribution in [0, 0.1) is 5.92 Å². The average molecular weight is 200 g/mol. The van der Waals surface area contributed by atoms with Crippen LogP contribution >= 0.6 is 0 Å². The molecule has 0 aromatic carbocycles. The highest BCUT2D eigenvalue weighted by atomic mass is 17.2. The monoisotopic (exact) mass is 200 g/mol. The molecule has 14 heavy (non-hydrogen) atoms. The number of carboxylic acids is 2. The van der Waals surface area contributed by atoms with Gasteiger partial charge in [0, 0.05) is 0 Å². The fraction of sp³-hybridized carbons (Fsp3) is 0.250. The quantitative estimate of drug-likeness (QED) is 0.642. The Morgan fingerprint density at radius 2 is 2.14 bits per heavy atom. The van der Waals surface area contributed by atoms with Gasteiger partial charge < -0.3 is 10.2 Å².